The summed E-state index contributed by atoms with van der Waals surface area (Å²) in [5.41, 5.74) is 7.04. The molecule has 0 saturated heterocycles. The average Bonchev–Trinajstić information content (AvgIpc) is 2.59. The van der Waals surface area contributed by atoms with Gasteiger partial charge in [0.15, 0.2) is 0 Å². The first-order valence-corrected chi connectivity index (χ1v) is 7.45. The van der Waals surface area contributed by atoms with E-state index < -0.39 is 0 Å². The molecule has 0 unspecified atom stereocenters. The number of rotatable bonds is 7. The predicted molar refractivity (Wildman–Crippen MR) is 89.4 cm³/mol. The quantitative estimate of drug-likeness (QED) is 0.770. The number of nitrogens with one attached hydrogen (secondary N) is 1. The fourth-order valence-corrected chi connectivity index (χ4v) is 2.08. The Bertz CT molecular complexity index is 583. The van der Waals surface area contributed by atoms with Crippen LogP contribution in [0.5, 0.6) is 0 Å². The van der Waals surface area contributed by atoms with Crippen LogP contribution in [0.3, 0.4) is 0 Å². The molecule has 0 bridgehead atoms. The Balaban J connectivity index is 1.96. The number of nitrogens with two attached hydrogens (primary N) is 1. The molecule has 5 nitrogen and oxygen atoms in total. The van der Waals surface area contributed by atoms with Crippen molar-refractivity contribution >= 4 is 17.4 Å². The van der Waals surface area contributed by atoms with Crippen molar-refractivity contribution in [1.82, 2.24) is 10.3 Å². The van der Waals surface area contributed by atoms with Gasteiger partial charge in [0.25, 0.3) is 5.91 Å². The zero-order valence-electron chi connectivity index (χ0n) is 12.8. The Morgan fingerprint density at radius 1 is 1.18 bits per heavy atom. The van der Waals surface area contributed by atoms with Crippen LogP contribution in [0.4, 0.5) is 11.5 Å². The molecule has 5 heteroatoms. The van der Waals surface area contributed by atoms with Crippen molar-refractivity contribution in [3.63, 3.8) is 0 Å². The van der Waals surface area contributed by atoms with Gasteiger partial charge in [-0.05, 0) is 43.7 Å². The third kappa shape index (κ3) is 4.30. The molecule has 0 aliphatic carbocycles. The molecule has 1 heterocycles. The summed E-state index contributed by atoms with van der Waals surface area (Å²) in [5, 5.41) is 2.87. The van der Waals surface area contributed by atoms with E-state index in [0.717, 1.165) is 24.3 Å². The lowest BCUT2D eigenvalue weighted by molar-refractivity contribution is 0.0952. The Hall–Kier alpha value is -2.40. The molecule has 22 heavy (non-hydrogen) atoms. The van der Waals surface area contributed by atoms with E-state index in [-0.39, 0.29) is 5.91 Å². The van der Waals surface area contributed by atoms with Gasteiger partial charge in [0.05, 0.1) is 5.56 Å². The van der Waals surface area contributed by atoms with E-state index in [4.69, 9.17) is 5.73 Å². The lowest BCUT2D eigenvalue weighted by Gasteiger charge is -2.18. The zero-order chi connectivity index (χ0) is 15.8. The van der Waals surface area contributed by atoms with Crippen LogP contribution in [-0.4, -0.2) is 31.0 Å². The largest absolute Gasteiger partial charge is 0.352 e. The molecule has 1 amide bonds. The smallest absolute Gasteiger partial charge is 0.252 e. The number of para-hydroxylation sites is 1. The van der Waals surface area contributed by atoms with Crippen LogP contribution in [-0.2, 0) is 0 Å². The molecule has 0 aliphatic heterocycles. The maximum absolute atomic E-state index is 12.0. The number of unbranched alkanes of at least 4 members (excludes halogenated alkanes) is 1. The Morgan fingerprint density at radius 2 is 1.95 bits per heavy atom. The van der Waals surface area contributed by atoms with Gasteiger partial charge in [0.2, 0.25) is 0 Å². The van der Waals surface area contributed by atoms with Gasteiger partial charge in [-0.25, -0.2) is 4.98 Å². The summed E-state index contributed by atoms with van der Waals surface area (Å²) < 4.78 is 0. The van der Waals surface area contributed by atoms with Crippen molar-refractivity contribution in [3.05, 3.63) is 54.2 Å². The monoisotopic (exact) mass is 298 g/mol. The van der Waals surface area contributed by atoms with Gasteiger partial charge < -0.3 is 16.0 Å². The average molecular weight is 298 g/mol. The molecule has 3 N–H and O–H groups in total. The van der Waals surface area contributed by atoms with Crippen LogP contribution in [0.15, 0.2) is 48.7 Å². The number of hydrogen-bond acceptors (Lipinski definition) is 4. The van der Waals surface area contributed by atoms with Gasteiger partial charge in [-0.1, -0.05) is 18.2 Å². The third-order valence-corrected chi connectivity index (χ3v) is 3.41. The molecule has 0 saturated carbocycles. The van der Waals surface area contributed by atoms with E-state index in [0.29, 0.717) is 18.7 Å². The third-order valence-electron chi connectivity index (χ3n) is 3.41. The maximum Gasteiger partial charge on any atom is 0.252 e. The van der Waals surface area contributed by atoms with Crippen LogP contribution in [0, 0.1) is 0 Å². The Morgan fingerprint density at radius 3 is 2.59 bits per heavy atom. The van der Waals surface area contributed by atoms with Gasteiger partial charge >= 0.3 is 0 Å². The lowest BCUT2D eigenvalue weighted by Crippen LogP contribution is -2.25. The molecular formula is C17H22N4O. The van der Waals surface area contributed by atoms with Gasteiger partial charge in [0.1, 0.15) is 5.82 Å². The molecule has 2 rings (SSSR count). The van der Waals surface area contributed by atoms with Gasteiger partial charge in [-0.2, -0.15) is 0 Å². The van der Waals surface area contributed by atoms with Gasteiger partial charge in [0, 0.05) is 25.5 Å². The number of benzene rings is 1. The second kappa shape index (κ2) is 8.14. The summed E-state index contributed by atoms with van der Waals surface area (Å²) in [6.07, 6.45) is 3.41. The van der Waals surface area contributed by atoms with Crippen LogP contribution in [0.1, 0.15) is 23.2 Å². The first-order valence-electron chi connectivity index (χ1n) is 7.45. The summed E-state index contributed by atoms with van der Waals surface area (Å²) in [4.78, 5) is 18.3. The van der Waals surface area contributed by atoms with Crippen molar-refractivity contribution in [2.75, 3.05) is 25.0 Å². The van der Waals surface area contributed by atoms with E-state index in [1.807, 2.05) is 48.3 Å². The number of carbonyl (C=O) groups is 1. The van der Waals surface area contributed by atoms with Crippen molar-refractivity contribution in [2.24, 2.45) is 5.73 Å². The number of anilines is 2. The second-order valence-electron chi connectivity index (χ2n) is 5.05. The number of carbonyl (C=O) groups excluding carboxylic acids is 1. The summed E-state index contributed by atoms with van der Waals surface area (Å²) in [5.74, 6) is 0.698. The highest BCUT2D eigenvalue weighted by atomic mass is 16.1. The minimum absolute atomic E-state index is 0.0987. The Kier molecular flexibility index (Phi) is 5.91. The topological polar surface area (TPSA) is 71.2 Å². The molecule has 116 valence electrons. The molecule has 0 atom stereocenters. The summed E-state index contributed by atoms with van der Waals surface area (Å²) in [6.45, 7) is 1.29. The SMILES string of the molecule is CN(c1ccccc1)c1ccc(C(=O)NCCCCN)cn1. The maximum atomic E-state index is 12.0. The number of nitrogens with zero attached hydrogens (tertiary/aromatic N) is 2. The van der Waals surface area contributed by atoms with Crippen molar-refractivity contribution in [2.45, 2.75) is 12.8 Å². The molecule has 2 aromatic rings. The molecule has 1 aromatic heterocycles. The number of amides is 1. The van der Waals surface area contributed by atoms with Crippen molar-refractivity contribution in [1.29, 1.82) is 0 Å². The van der Waals surface area contributed by atoms with Gasteiger partial charge in [-0.3, -0.25) is 4.79 Å². The molecule has 0 radical (unpaired) electrons. The summed E-state index contributed by atoms with van der Waals surface area (Å²) >= 11 is 0. The molecule has 1 aromatic carbocycles. The first kappa shape index (κ1) is 16.0. The summed E-state index contributed by atoms with van der Waals surface area (Å²) in [7, 11) is 1.95. The highest BCUT2D eigenvalue weighted by molar-refractivity contribution is 5.94. The van der Waals surface area contributed by atoms with E-state index in [2.05, 4.69) is 10.3 Å². The first-order chi connectivity index (χ1) is 10.7. The fourth-order valence-electron chi connectivity index (χ4n) is 2.08. The molecule has 0 spiro atoms. The normalized spacial score (nSPS) is 10.3. The highest BCUT2D eigenvalue weighted by Crippen LogP contribution is 2.20. The van der Waals surface area contributed by atoms with Crippen LogP contribution in [0.2, 0.25) is 0 Å². The number of hydrogen-bond donors (Lipinski definition) is 2. The molecule has 0 aliphatic rings. The standard InChI is InChI=1S/C17H22N4O/c1-21(15-7-3-2-4-8-15)16-10-9-14(13-20-16)17(22)19-12-6-5-11-18/h2-4,7-10,13H,5-6,11-12,18H2,1H3,(H,19,22). The van der Waals surface area contributed by atoms with E-state index in [1.54, 1.807) is 12.3 Å². The number of aromatic nitrogens is 1. The van der Waals surface area contributed by atoms with Crippen LogP contribution >= 0.6 is 0 Å². The zero-order valence-corrected chi connectivity index (χ0v) is 12.8. The highest BCUT2D eigenvalue weighted by Gasteiger charge is 2.08. The summed E-state index contributed by atoms with van der Waals surface area (Å²) in [6, 6.07) is 13.6. The lowest BCUT2D eigenvalue weighted by atomic mass is 10.2. The van der Waals surface area contributed by atoms with Crippen molar-refractivity contribution in [3.8, 4) is 0 Å². The fraction of sp³-hybridized carbons (Fsp3) is 0.294. The number of pyridine rings is 1. The predicted octanol–water partition coefficient (Wildman–Crippen LogP) is 2.32. The minimum Gasteiger partial charge on any atom is -0.352 e. The minimum atomic E-state index is -0.0987. The van der Waals surface area contributed by atoms with E-state index in [9.17, 15) is 4.79 Å². The van der Waals surface area contributed by atoms with Crippen LogP contribution in [0.25, 0.3) is 0 Å². The second-order valence-corrected chi connectivity index (χ2v) is 5.05. The van der Waals surface area contributed by atoms with Crippen molar-refractivity contribution < 1.29 is 4.79 Å². The van der Waals surface area contributed by atoms with E-state index in [1.165, 1.54) is 0 Å². The van der Waals surface area contributed by atoms with Gasteiger partial charge in [-0.15, -0.1) is 0 Å². The Labute approximate surface area is 131 Å². The van der Waals surface area contributed by atoms with Crippen LogP contribution < -0.4 is 16.0 Å². The molecule has 0 fully saturated rings. The van der Waals surface area contributed by atoms with E-state index >= 15 is 0 Å². The molecular weight excluding hydrogens is 276 g/mol.